The molecule has 0 aliphatic rings. The van der Waals surface area contributed by atoms with Crippen molar-refractivity contribution in [2.24, 2.45) is 0 Å². The van der Waals surface area contributed by atoms with E-state index in [-0.39, 0.29) is 5.56 Å². The molecule has 0 aliphatic carbocycles. The van der Waals surface area contributed by atoms with E-state index in [0.29, 0.717) is 6.54 Å². The zero-order valence-corrected chi connectivity index (χ0v) is 11.1. The van der Waals surface area contributed by atoms with Gasteiger partial charge in [-0.1, -0.05) is 18.2 Å². The molecule has 0 saturated carbocycles. The molecule has 0 atom stereocenters. The normalized spacial score (nSPS) is 10.7. The molecule has 20 heavy (non-hydrogen) atoms. The Hall–Kier alpha value is -2.60. The number of aromatic nitrogens is 1. The topological polar surface area (TPSA) is 28.7 Å². The van der Waals surface area contributed by atoms with Crippen molar-refractivity contribution in [1.29, 1.82) is 5.26 Å². The second kappa shape index (κ2) is 4.82. The van der Waals surface area contributed by atoms with E-state index in [0.717, 1.165) is 11.1 Å². The summed E-state index contributed by atoms with van der Waals surface area (Å²) in [5.41, 5.74) is 3.36. The molecule has 0 N–H and O–H groups in total. The van der Waals surface area contributed by atoms with Crippen LogP contribution in [0.15, 0.2) is 48.7 Å². The van der Waals surface area contributed by atoms with E-state index >= 15 is 0 Å². The molecular weight excluding hydrogens is 251 g/mol. The zero-order chi connectivity index (χ0) is 14.1. The number of nitrogens with zero attached hydrogens (tertiary/aromatic N) is 2. The highest BCUT2D eigenvalue weighted by molar-refractivity contribution is 5.80. The second-order valence-electron chi connectivity index (χ2n) is 4.93. The molecule has 0 fully saturated rings. The van der Waals surface area contributed by atoms with Crippen LogP contribution >= 0.6 is 0 Å². The number of halogens is 1. The van der Waals surface area contributed by atoms with Gasteiger partial charge in [-0.05, 0) is 47.7 Å². The zero-order valence-electron chi connectivity index (χ0n) is 11.1. The third-order valence-corrected chi connectivity index (χ3v) is 3.43. The highest BCUT2D eigenvalue weighted by Crippen LogP contribution is 2.19. The monoisotopic (exact) mass is 264 g/mol. The van der Waals surface area contributed by atoms with E-state index in [2.05, 4.69) is 35.8 Å². The molecule has 0 bridgehead atoms. The Morgan fingerprint density at radius 3 is 2.80 bits per heavy atom. The lowest BCUT2D eigenvalue weighted by molar-refractivity contribution is 0.622. The van der Waals surface area contributed by atoms with Crippen LogP contribution < -0.4 is 0 Å². The smallest absolute Gasteiger partial charge is 0.140 e. The van der Waals surface area contributed by atoms with Crippen molar-refractivity contribution in [3.8, 4) is 6.07 Å². The van der Waals surface area contributed by atoms with Crippen LogP contribution in [0, 0.1) is 24.1 Å². The lowest BCUT2D eigenvalue weighted by Gasteiger charge is -2.07. The molecule has 3 aromatic rings. The minimum atomic E-state index is -0.468. The van der Waals surface area contributed by atoms with Crippen molar-refractivity contribution in [3.05, 3.63) is 71.2 Å². The van der Waals surface area contributed by atoms with Gasteiger partial charge in [0.2, 0.25) is 0 Å². The van der Waals surface area contributed by atoms with Crippen LogP contribution in [0.1, 0.15) is 16.7 Å². The van der Waals surface area contributed by atoms with Gasteiger partial charge in [-0.2, -0.15) is 5.26 Å². The van der Waals surface area contributed by atoms with Crippen LogP contribution in [0.25, 0.3) is 10.9 Å². The lowest BCUT2D eigenvalue weighted by atomic mass is 10.1. The molecule has 2 aromatic carbocycles. The Kier molecular flexibility index (Phi) is 3.00. The van der Waals surface area contributed by atoms with Gasteiger partial charge in [0.05, 0.1) is 5.56 Å². The van der Waals surface area contributed by atoms with Crippen molar-refractivity contribution in [1.82, 2.24) is 4.57 Å². The van der Waals surface area contributed by atoms with E-state index in [4.69, 9.17) is 5.26 Å². The minimum Gasteiger partial charge on any atom is -0.343 e. The van der Waals surface area contributed by atoms with E-state index in [1.807, 2.05) is 12.3 Å². The first-order chi connectivity index (χ1) is 9.67. The second-order valence-corrected chi connectivity index (χ2v) is 4.93. The molecule has 0 spiro atoms. The predicted molar refractivity (Wildman–Crippen MR) is 76.9 cm³/mol. The van der Waals surface area contributed by atoms with Gasteiger partial charge in [-0.15, -0.1) is 0 Å². The predicted octanol–water partition coefficient (Wildman–Crippen LogP) is 4.01. The van der Waals surface area contributed by atoms with Gasteiger partial charge in [0.25, 0.3) is 0 Å². The molecular formula is C17H13FN2. The van der Waals surface area contributed by atoms with Crippen molar-refractivity contribution in [2.45, 2.75) is 13.5 Å². The van der Waals surface area contributed by atoms with Crippen molar-refractivity contribution < 1.29 is 4.39 Å². The highest BCUT2D eigenvalue weighted by atomic mass is 19.1. The minimum absolute atomic E-state index is 0.0927. The van der Waals surface area contributed by atoms with Gasteiger partial charge in [-0.25, -0.2) is 4.39 Å². The fourth-order valence-corrected chi connectivity index (χ4v) is 2.38. The highest BCUT2D eigenvalue weighted by Gasteiger charge is 2.05. The summed E-state index contributed by atoms with van der Waals surface area (Å²) >= 11 is 0. The molecule has 3 rings (SSSR count). The SMILES string of the molecule is Cc1ccc2ccn(Cc3ccc(F)c(C#N)c3)c2c1. The maximum absolute atomic E-state index is 13.3. The summed E-state index contributed by atoms with van der Waals surface area (Å²) in [6, 6.07) is 14.9. The number of hydrogen-bond donors (Lipinski definition) is 0. The summed E-state index contributed by atoms with van der Waals surface area (Å²) in [5, 5.41) is 10.1. The van der Waals surface area contributed by atoms with E-state index in [9.17, 15) is 4.39 Å². The first-order valence-corrected chi connectivity index (χ1v) is 6.41. The summed E-state index contributed by atoms with van der Waals surface area (Å²) in [6.07, 6.45) is 2.01. The van der Waals surface area contributed by atoms with E-state index < -0.39 is 5.82 Å². The molecule has 1 aromatic heterocycles. The maximum atomic E-state index is 13.3. The maximum Gasteiger partial charge on any atom is 0.140 e. The van der Waals surface area contributed by atoms with Crippen LogP contribution in [0.3, 0.4) is 0 Å². The van der Waals surface area contributed by atoms with Gasteiger partial charge in [0.15, 0.2) is 0 Å². The quantitative estimate of drug-likeness (QED) is 0.687. The summed E-state index contributed by atoms with van der Waals surface area (Å²) in [6.45, 7) is 2.68. The first-order valence-electron chi connectivity index (χ1n) is 6.41. The molecule has 0 aliphatic heterocycles. The number of benzene rings is 2. The molecule has 3 heteroatoms. The fourth-order valence-electron chi connectivity index (χ4n) is 2.38. The summed E-state index contributed by atoms with van der Waals surface area (Å²) < 4.78 is 15.4. The van der Waals surface area contributed by atoms with Gasteiger partial charge < -0.3 is 4.57 Å². The molecule has 2 nitrogen and oxygen atoms in total. The average Bonchev–Trinajstić information content (AvgIpc) is 2.83. The molecule has 0 saturated heterocycles. The fraction of sp³-hybridized carbons (Fsp3) is 0.118. The van der Waals surface area contributed by atoms with Crippen LogP contribution in [0.2, 0.25) is 0 Å². The first kappa shape index (κ1) is 12.4. The Morgan fingerprint density at radius 1 is 1.15 bits per heavy atom. The van der Waals surface area contributed by atoms with Crippen LogP contribution in [0.4, 0.5) is 4.39 Å². The van der Waals surface area contributed by atoms with Crippen molar-refractivity contribution in [3.63, 3.8) is 0 Å². The Labute approximate surface area is 116 Å². The van der Waals surface area contributed by atoms with Gasteiger partial charge in [0.1, 0.15) is 11.9 Å². The number of nitriles is 1. The number of fused-ring (bicyclic) bond motifs is 1. The van der Waals surface area contributed by atoms with Crippen LogP contribution in [-0.4, -0.2) is 4.57 Å². The van der Waals surface area contributed by atoms with Gasteiger partial charge in [-0.3, -0.25) is 0 Å². The van der Waals surface area contributed by atoms with Gasteiger partial charge >= 0.3 is 0 Å². The third kappa shape index (κ3) is 2.17. The molecule has 1 heterocycles. The van der Waals surface area contributed by atoms with Gasteiger partial charge in [0, 0.05) is 18.3 Å². The number of aryl methyl sites for hydroxylation is 1. The summed E-state index contributed by atoms with van der Waals surface area (Å²) in [5.74, 6) is -0.468. The summed E-state index contributed by atoms with van der Waals surface area (Å²) in [4.78, 5) is 0. The third-order valence-electron chi connectivity index (χ3n) is 3.43. The molecule has 0 unspecified atom stereocenters. The molecule has 0 amide bonds. The standard InChI is InChI=1S/C17H13FN2/c1-12-2-4-14-6-7-20(17(14)8-12)11-13-3-5-16(18)15(9-13)10-19/h2-9H,11H2,1H3. The largest absolute Gasteiger partial charge is 0.343 e. The number of rotatable bonds is 2. The van der Waals surface area contributed by atoms with Crippen molar-refractivity contribution >= 4 is 10.9 Å². The van der Waals surface area contributed by atoms with Crippen LogP contribution in [0.5, 0.6) is 0 Å². The number of hydrogen-bond acceptors (Lipinski definition) is 1. The van der Waals surface area contributed by atoms with E-state index in [1.54, 1.807) is 12.1 Å². The van der Waals surface area contributed by atoms with Crippen LogP contribution in [-0.2, 0) is 6.54 Å². The Morgan fingerprint density at radius 2 is 2.00 bits per heavy atom. The molecule has 98 valence electrons. The van der Waals surface area contributed by atoms with E-state index in [1.165, 1.54) is 17.0 Å². The summed E-state index contributed by atoms with van der Waals surface area (Å²) in [7, 11) is 0. The average molecular weight is 264 g/mol. The Bertz CT molecular complexity index is 825. The lowest BCUT2D eigenvalue weighted by Crippen LogP contribution is -1.99. The van der Waals surface area contributed by atoms with Crippen molar-refractivity contribution in [2.75, 3.05) is 0 Å². The Balaban J connectivity index is 2.01. The molecule has 0 radical (unpaired) electrons.